The van der Waals surface area contributed by atoms with Gasteiger partial charge in [-0.15, -0.1) is 0 Å². The Morgan fingerprint density at radius 3 is 2.96 bits per heavy atom. The molecule has 8 heteroatoms. The van der Waals surface area contributed by atoms with Gasteiger partial charge in [-0.25, -0.2) is 4.98 Å². The lowest BCUT2D eigenvalue weighted by atomic mass is 10.2. The van der Waals surface area contributed by atoms with Gasteiger partial charge in [0.15, 0.2) is 17.2 Å². The van der Waals surface area contributed by atoms with Gasteiger partial charge in [-0.3, -0.25) is 13.8 Å². The maximum Gasteiger partial charge on any atom is 0.280 e. The summed E-state index contributed by atoms with van der Waals surface area (Å²) in [5.74, 6) is 1.43. The van der Waals surface area contributed by atoms with Crippen LogP contribution in [0.2, 0.25) is 5.02 Å². The van der Waals surface area contributed by atoms with Gasteiger partial charge in [0.2, 0.25) is 0 Å². The predicted molar refractivity (Wildman–Crippen MR) is 88.2 cm³/mol. The molecule has 4 aromatic rings. The highest BCUT2D eigenvalue weighted by Gasteiger charge is 2.30. The van der Waals surface area contributed by atoms with E-state index >= 15 is 0 Å². The molecule has 0 N–H and O–H groups in total. The van der Waals surface area contributed by atoms with Crippen LogP contribution in [0, 0.1) is 0 Å². The van der Waals surface area contributed by atoms with E-state index in [4.69, 9.17) is 16.1 Å². The van der Waals surface area contributed by atoms with Gasteiger partial charge < -0.3 is 4.52 Å². The number of rotatable bonds is 2. The minimum atomic E-state index is -0.188. The smallest absolute Gasteiger partial charge is 0.280 e. The molecule has 3 aromatic heterocycles. The fourth-order valence-corrected chi connectivity index (χ4v) is 3.27. The van der Waals surface area contributed by atoms with E-state index in [9.17, 15) is 4.79 Å². The van der Waals surface area contributed by atoms with Gasteiger partial charge >= 0.3 is 0 Å². The number of imidazole rings is 1. The van der Waals surface area contributed by atoms with Crippen molar-refractivity contribution in [3.05, 3.63) is 45.7 Å². The number of aromatic nitrogens is 5. The zero-order valence-electron chi connectivity index (χ0n) is 12.7. The second kappa shape index (κ2) is 4.67. The Morgan fingerprint density at radius 2 is 2.17 bits per heavy atom. The van der Waals surface area contributed by atoms with E-state index in [1.54, 1.807) is 25.5 Å². The molecule has 1 fully saturated rings. The number of hydrogen-bond donors (Lipinski definition) is 0. The third-order valence-corrected chi connectivity index (χ3v) is 4.73. The third kappa shape index (κ3) is 1.78. The average molecular weight is 342 g/mol. The van der Waals surface area contributed by atoms with Crippen LogP contribution < -0.4 is 5.56 Å². The maximum absolute atomic E-state index is 12.7. The van der Waals surface area contributed by atoms with E-state index < -0.39 is 0 Å². The summed E-state index contributed by atoms with van der Waals surface area (Å²) in [6.45, 7) is 0. The first-order valence-corrected chi connectivity index (χ1v) is 8.01. The molecule has 0 unspecified atom stereocenters. The SMILES string of the molecule is Cn1c(=O)c2c(Cl)cccc2n2cnc(-c3nc(C4CC4)no3)c12. The van der Waals surface area contributed by atoms with Crippen LogP contribution >= 0.6 is 11.6 Å². The molecular weight excluding hydrogens is 330 g/mol. The van der Waals surface area contributed by atoms with Crippen LogP contribution in [-0.4, -0.2) is 24.1 Å². The number of fused-ring (bicyclic) bond motifs is 3. The molecule has 3 heterocycles. The topological polar surface area (TPSA) is 78.2 Å². The van der Waals surface area contributed by atoms with Crippen LogP contribution in [0.5, 0.6) is 0 Å². The van der Waals surface area contributed by atoms with Gasteiger partial charge in [-0.1, -0.05) is 22.8 Å². The van der Waals surface area contributed by atoms with E-state index in [2.05, 4.69) is 15.1 Å². The highest BCUT2D eigenvalue weighted by atomic mass is 35.5. The largest absolute Gasteiger partial charge is 0.332 e. The average Bonchev–Trinajstić information content (AvgIpc) is 3.14. The van der Waals surface area contributed by atoms with Crippen LogP contribution in [0.1, 0.15) is 24.6 Å². The van der Waals surface area contributed by atoms with Crippen LogP contribution in [0.25, 0.3) is 28.1 Å². The predicted octanol–water partition coefficient (Wildman–Crippen LogP) is 2.77. The highest BCUT2D eigenvalue weighted by molar-refractivity contribution is 6.35. The van der Waals surface area contributed by atoms with Crippen molar-refractivity contribution in [1.29, 1.82) is 0 Å². The first kappa shape index (κ1) is 13.7. The summed E-state index contributed by atoms with van der Waals surface area (Å²) >= 11 is 6.22. The third-order valence-electron chi connectivity index (χ3n) is 4.42. The number of aryl methyl sites for hydroxylation is 1. The molecule has 1 aliphatic carbocycles. The van der Waals surface area contributed by atoms with Gasteiger partial charge in [-0.2, -0.15) is 4.98 Å². The van der Waals surface area contributed by atoms with Crippen LogP contribution in [0.3, 0.4) is 0 Å². The minimum Gasteiger partial charge on any atom is -0.332 e. The Hall–Kier alpha value is -2.67. The van der Waals surface area contributed by atoms with Crippen molar-refractivity contribution in [3.63, 3.8) is 0 Å². The summed E-state index contributed by atoms with van der Waals surface area (Å²) in [6, 6.07) is 5.35. The van der Waals surface area contributed by atoms with Crippen molar-refractivity contribution in [3.8, 4) is 11.6 Å². The number of benzene rings is 1. The standard InChI is InChI=1S/C16H12ClN5O2/c1-21-15-12(14-19-13(20-24-14)8-5-6-8)18-7-22(15)10-4-2-3-9(17)11(10)16(21)23/h2-4,7-8H,5-6H2,1H3. The summed E-state index contributed by atoms with van der Waals surface area (Å²) in [6.07, 6.45) is 3.82. The first-order chi connectivity index (χ1) is 11.6. The molecule has 24 heavy (non-hydrogen) atoms. The van der Waals surface area contributed by atoms with Crippen molar-refractivity contribution >= 4 is 28.2 Å². The maximum atomic E-state index is 12.7. The molecular formula is C16H12ClN5O2. The molecule has 0 spiro atoms. The molecule has 120 valence electrons. The lowest BCUT2D eigenvalue weighted by molar-refractivity contribution is 0.422. The summed E-state index contributed by atoms with van der Waals surface area (Å²) in [5.41, 5.74) is 1.60. The lowest BCUT2D eigenvalue weighted by Crippen LogP contribution is -2.20. The van der Waals surface area contributed by atoms with E-state index in [1.165, 1.54) is 4.57 Å². The Kier molecular flexibility index (Phi) is 2.67. The number of halogens is 1. The quantitative estimate of drug-likeness (QED) is 0.560. The molecule has 7 nitrogen and oxygen atoms in total. The fraction of sp³-hybridized carbons (Fsp3) is 0.250. The fourth-order valence-electron chi connectivity index (χ4n) is 3.02. The molecule has 1 aliphatic rings. The molecule has 0 amide bonds. The molecule has 5 rings (SSSR count). The summed E-state index contributed by atoms with van der Waals surface area (Å²) in [7, 11) is 1.68. The van der Waals surface area contributed by atoms with Crippen molar-refractivity contribution < 1.29 is 4.52 Å². The Bertz CT molecular complexity index is 1170. The molecule has 0 radical (unpaired) electrons. The van der Waals surface area contributed by atoms with Gasteiger partial charge in [0, 0.05) is 13.0 Å². The molecule has 0 aliphatic heterocycles. The van der Waals surface area contributed by atoms with Gasteiger partial charge in [0.1, 0.15) is 6.33 Å². The van der Waals surface area contributed by atoms with Crippen LogP contribution in [-0.2, 0) is 7.05 Å². The van der Waals surface area contributed by atoms with Gasteiger partial charge in [0.05, 0.1) is 15.9 Å². The molecule has 1 saturated carbocycles. The van der Waals surface area contributed by atoms with Crippen molar-refractivity contribution in [2.24, 2.45) is 7.05 Å². The molecule has 0 saturated heterocycles. The molecule has 1 aromatic carbocycles. The van der Waals surface area contributed by atoms with Crippen LogP contribution in [0.15, 0.2) is 33.8 Å². The summed E-state index contributed by atoms with van der Waals surface area (Å²) in [5, 5.41) is 4.90. The number of nitrogens with zero attached hydrogens (tertiary/aromatic N) is 5. The van der Waals surface area contributed by atoms with Gasteiger partial charge in [0.25, 0.3) is 11.4 Å². The van der Waals surface area contributed by atoms with Gasteiger partial charge in [-0.05, 0) is 25.0 Å². The second-order valence-corrected chi connectivity index (χ2v) is 6.42. The lowest BCUT2D eigenvalue weighted by Gasteiger charge is -2.08. The normalized spacial score (nSPS) is 14.8. The van der Waals surface area contributed by atoms with E-state index in [0.717, 1.165) is 12.8 Å². The van der Waals surface area contributed by atoms with E-state index in [0.29, 0.717) is 44.9 Å². The van der Waals surface area contributed by atoms with Crippen molar-refractivity contribution in [2.45, 2.75) is 18.8 Å². The summed E-state index contributed by atoms with van der Waals surface area (Å²) < 4.78 is 8.70. The van der Waals surface area contributed by atoms with E-state index in [1.807, 2.05) is 10.5 Å². The minimum absolute atomic E-state index is 0.188. The van der Waals surface area contributed by atoms with Crippen LogP contribution in [0.4, 0.5) is 0 Å². The zero-order valence-corrected chi connectivity index (χ0v) is 13.5. The van der Waals surface area contributed by atoms with Crippen molar-refractivity contribution in [1.82, 2.24) is 24.1 Å². The molecule has 0 atom stereocenters. The Labute approximate surface area is 140 Å². The highest BCUT2D eigenvalue weighted by Crippen LogP contribution is 2.39. The second-order valence-electron chi connectivity index (χ2n) is 6.02. The van der Waals surface area contributed by atoms with E-state index in [-0.39, 0.29) is 5.56 Å². The molecule has 0 bridgehead atoms. The summed E-state index contributed by atoms with van der Waals surface area (Å²) in [4.78, 5) is 21.6. The number of hydrogen-bond acceptors (Lipinski definition) is 5. The van der Waals surface area contributed by atoms with Crippen molar-refractivity contribution in [2.75, 3.05) is 0 Å². The zero-order chi connectivity index (χ0) is 16.4. The Morgan fingerprint density at radius 1 is 1.33 bits per heavy atom. The first-order valence-electron chi connectivity index (χ1n) is 7.63. The monoisotopic (exact) mass is 341 g/mol. The Balaban J connectivity index is 1.85.